The highest BCUT2D eigenvalue weighted by atomic mass is 79.9. The van der Waals surface area contributed by atoms with Crippen LogP contribution in [-0.2, 0) is 13.6 Å². The molecule has 3 N–H and O–H groups in total. The van der Waals surface area contributed by atoms with Crippen molar-refractivity contribution in [2.75, 3.05) is 5.32 Å². The largest absolute Gasteiger partial charge is 0.389 e. The molecule has 2 aromatic rings. The number of hydrogen-bond acceptors (Lipinski definition) is 3. The molecule has 0 unspecified atom stereocenters. The summed E-state index contributed by atoms with van der Waals surface area (Å²) in [6.45, 7) is 2.68. The zero-order valence-corrected chi connectivity index (χ0v) is 13.2. The Morgan fingerprint density at radius 2 is 2.26 bits per heavy atom. The van der Waals surface area contributed by atoms with Gasteiger partial charge in [-0.25, -0.2) is 0 Å². The maximum Gasteiger partial charge on any atom is 0.106 e. The topological polar surface area (TPSA) is 55.9 Å². The van der Waals surface area contributed by atoms with E-state index < -0.39 is 0 Å². The van der Waals surface area contributed by atoms with Gasteiger partial charge in [0.15, 0.2) is 0 Å². The summed E-state index contributed by atoms with van der Waals surface area (Å²) in [5.74, 6) is 0. The van der Waals surface area contributed by atoms with Crippen molar-refractivity contribution in [2.24, 2.45) is 12.8 Å². The summed E-state index contributed by atoms with van der Waals surface area (Å²) in [6.07, 6.45) is 2.00. The van der Waals surface area contributed by atoms with E-state index in [2.05, 4.69) is 26.3 Å². The van der Waals surface area contributed by atoms with Crippen molar-refractivity contribution in [1.82, 2.24) is 9.78 Å². The number of nitrogens with two attached hydrogens (primary N) is 1. The number of anilines is 1. The Balaban J connectivity index is 2.20. The molecule has 0 bridgehead atoms. The highest BCUT2D eigenvalue weighted by molar-refractivity contribution is 9.10. The summed E-state index contributed by atoms with van der Waals surface area (Å²) in [5.41, 5.74) is 9.68. The number of aromatic nitrogens is 2. The third kappa shape index (κ3) is 3.33. The first-order valence-corrected chi connectivity index (χ1v) is 7.00. The van der Waals surface area contributed by atoms with Crippen LogP contribution in [0.4, 0.5) is 5.69 Å². The molecule has 0 atom stereocenters. The molecule has 0 saturated carbocycles. The quantitative estimate of drug-likeness (QED) is 0.841. The van der Waals surface area contributed by atoms with Gasteiger partial charge in [0.1, 0.15) is 4.99 Å². The van der Waals surface area contributed by atoms with E-state index in [4.69, 9.17) is 18.0 Å². The first-order chi connectivity index (χ1) is 8.97. The van der Waals surface area contributed by atoms with E-state index in [1.54, 1.807) is 0 Å². The molecule has 0 amide bonds. The van der Waals surface area contributed by atoms with Gasteiger partial charge in [-0.1, -0.05) is 28.1 Å². The summed E-state index contributed by atoms with van der Waals surface area (Å²) < 4.78 is 2.76. The minimum absolute atomic E-state index is 0.381. The van der Waals surface area contributed by atoms with E-state index in [0.29, 0.717) is 11.5 Å². The average Bonchev–Trinajstić information content (AvgIpc) is 2.66. The molecule has 4 nitrogen and oxygen atoms in total. The van der Waals surface area contributed by atoms with Crippen LogP contribution < -0.4 is 11.1 Å². The van der Waals surface area contributed by atoms with Crippen molar-refractivity contribution in [3.8, 4) is 0 Å². The van der Waals surface area contributed by atoms with Crippen LogP contribution in [0.15, 0.2) is 28.9 Å². The molecular formula is C13H15BrN4S. The SMILES string of the molecule is Cc1nn(C)cc1CNc1ccc(Br)cc1C(N)=S. The van der Waals surface area contributed by atoms with E-state index in [0.717, 1.165) is 27.0 Å². The molecule has 0 aliphatic rings. The van der Waals surface area contributed by atoms with Gasteiger partial charge in [0.2, 0.25) is 0 Å². The lowest BCUT2D eigenvalue weighted by atomic mass is 10.1. The Morgan fingerprint density at radius 1 is 1.53 bits per heavy atom. The van der Waals surface area contributed by atoms with Crippen molar-refractivity contribution in [2.45, 2.75) is 13.5 Å². The molecule has 0 aliphatic heterocycles. The molecule has 0 fully saturated rings. The lowest BCUT2D eigenvalue weighted by molar-refractivity contribution is 0.756. The first-order valence-electron chi connectivity index (χ1n) is 5.79. The van der Waals surface area contributed by atoms with Crippen LogP contribution in [0, 0.1) is 6.92 Å². The number of hydrogen-bond donors (Lipinski definition) is 2. The van der Waals surface area contributed by atoms with Crippen LogP contribution in [0.25, 0.3) is 0 Å². The van der Waals surface area contributed by atoms with Crippen LogP contribution in [0.3, 0.4) is 0 Å². The summed E-state index contributed by atoms with van der Waals surface area (Å²) >= 11 is 8.49. The lowest BCUT2D eigenvalue weighted by Crippen LogP contribution is -2.13. The second-order valence-corrected chi connectivity index (χ2v) is 5.68. The maximum absolute atomic E-state index is 5.74. The fraction of sp³-hybridized carbons (Fsp3) is 0.231. The van der Waals surface area contributed by atoms with Gasteiger partial charge in [-0.3, -0.25) is 4.68 Å². The Morgan fingerprint density at radius 3 is 2.84 bits per heavy atom. The third-order valence-electron chi connectivity index (χ3n) is 2.83. The van der Waals surface area contributed by atoms with E-state index in [1.807, 2.05) is 43.0 Å². The Kier molecular flexibility index (Phi) is 4.21. The minimum Gasteiger partial charge on any atom is -0.389 e. The summed E-state index contributed by atoms with van der Waals surface area (Å²) in [7, 11) is 1.91. The zero-order valence-electron chi connectivity index (χ0n) is 10.8. The minimum atomic E-state index is 0.381. The third-order valence-corrected chi connectivity index (χ3v) is 3.54. The van der Waals surface area contributed by atoms with Gasteiger partial charge in [0, 0.05) is 41.1 Å². The molecule has 2 rings (SSSR count). The monoisotopic (exact) mass is 338 g/mol. The van der Waals surface area contributed by atoms with Gasteiger partial charge in [-0.15, -0.1) is 0 Å². The van der Waals surface area contributed by atoms with Crippen molar-refractivity contribution >= 4 is 38.8 Å². The normalized spacial score (nSPS) is 10.5. The molecule has 0 radical (unpaired) electrons. The van der Waals surface area contributed by atoms with Gasteiger partial charge in [0.25, 0.3) is 0 Å². The molecule has 1 aromatic heterocycles. The molecule has 0 saturated heterocycles. The van der Waals surface area contributed by atoms with Crippen LogP contribution in [0.5, 0.6) is 0 Å². The Labute approximate surface area is 126 Å². The van der Waals surface area contributed by atoms with E-state index in [9.17, 15) is 0 Å². The first kappa shape index (κ1) is 14.0. The summed E-state index contributed by atoms with van der Waals surface area (Å²) in [5, 5.41) is 7.66. The van der Waals surface area contributed by atoms with Gasteiger partial charge in [-0.05, 0) is 25.1 Å². The van der Waals surface area contributed by atoms with Crippen molar-refractivity contribution in [1.29, 1.82) is 0 Å². The van der Waals surface area contributed by atoms with Crippen molar-refractivity contribution in [3.05, 3.63) is 45.7 Å². The maximum atomic E-state index is 5.74. The van der Waals surface area contributed by atoms with Crippen molar-refractivity contribution < 1.29 is 0 Å². The highest BCUT2D eigenvalue weighted by Gasteiger charge is 2.08. The van der Waals surface area contributed by atoms with Gasteiger partial charge < -0.3 is 11.1 Å². The second kappa shape index (κ2) is 5.71. The fourth-order valence-corrected chi connectivity index (χ4v) is 2.42. The van der Waals surface area contributed by atoms with Crippen LogP contribution in [0.1, 0.15) is 16.8 Å². The van der Waals surface area contributed by atoms with Gasteiger partial charge >= 0.3 is 0 Å². The standard InChI is InChI=1S/C13H15BrN4S/c1-8-9(7-18(2)17-8)6-16-12-4-3-10(14)5-11(12)13(15)19/h3-5,7,16H,6H2,1-2H3,(H2,15,19). The predicted molar refractivity (Wildman–Crippen MR) is 85.3 cm³/mol. The van der Waals surface area contributed by atoms with Crippen LogP contribution >= 0.6 is 28.1 Å². The molecule has 1 heterocycles. The number of nitrogens with one attached hydrogen (secondary N) is 1. The molecular weight excluding hydrogens is 324 g/mol. The molecule has 19 heavy (non-hydrogen) atoms. The second-order valence-electron chi connectivity index (χ2n) is 4.32. The zero-order chi connectivity index (χ0) is 14.0. The van der Waals surface area contributed by atoms with Crippen LogP contribution in [0.2, 0.25) is 0 Å². The number of halogens is 1. The van der Waals surface area contributed by atoms with Gasteiger partial charge in [0.05, 0.1) is 5.69 Å². The molecule has 0 aliphatic carbocycles. The number of benzene rings is 1. The summed E-state index contributed by atoms with van der Waals surface area (Å²) in [4.78, 5) is 0.381. The number of aryl methyl sites for hydroxylation is 2. The van der Waals surface area contributed by atoms with Crippen LogP contribution in [-0.4, -0.2) is 14.8 Å². The van der Waals surface area contributed by atoms with E-state index in [-0.39, 0.29) is 0 Å². The molecule has 1 aromatic carbocycles. The Bertz CT molecular complexity index is 621. The number of thiocarbonyl (C=S) groups is 1. The molecule has 6 heteroatoms. The van der Waals surface area contributed by atoms with E-state index >= 15 is 0 Å². The highest BCUT2D eigenvalue weighted by Crippen LogP contribution is 2.22. The fourth-order valence-electron chi connectivity index (χ4n) is 1.89. The number of rotatable bonds is 4. The molecule has 100 valence electrons. The smallest absolute Gasteiger partial charge is 0.106 e. The summed E-state index contributed by atoms with van der Waals surface area (Å²) in [6, 6.07) is 5.84. The lowest BCUT2D eigenvalue weighted by Gasteiger charge is -2.11. The Hall–Kier alpha value is -1.40. The number of nitrogens with zero attached hydrogens (tertiary/aromatic N) is 2. The van der Waals surface area contributed by atoms with Crippen molar-refractivity contribution in [3.63, 3.8) is 0 Å². The molecule has 0 spiro atoms. The predicted octanol–water partition coefficient (Wildman–Crippen LogP) is 2.74. The average molecular weight is 339 g/mol. The van der Waals surface area contributed by atoms with E-state index in [1.165, 1.54) is 0 Å². The van der Waals surface area contributed by atoms with Gasteiger partial charge in [-0.2, -0.15) is 5.10 Å².